The lowest BCUT2D eigenvalue weighted by molar-refractivity contribution is -0.117. The quantitative estimate of drug-likeness (QED) is 0.702. The predicted octanol–water partition coefficient (Wildman–Crippen LogP) is 1.36. The summed E-state index contributed by atoms with van der Waals surface area (Å²) in [5.74, 6) is -0.252. The molecule has 2 rings (SSSR count). The Morgan fingerprint density at radius 1 is 1.20 bits per heavy atom. The number of amides is 3. The van der Waals surface area contributed by atoms with Gasteiger partial charge in [-0.15, -0.1) is 0 Å². The molecule has 1 fully saturated rings. The first-order valence-corrected chi connectivity index (χ1v) is 4.76. The number of aryl methyl sites for hydroxylation is 2. The zero-order valence-electron chi connectivity index (χ0n) is 8.70. The average molecular weight is 204 g/mol. The number of nitrogens with one attached hydrogen (secondary N) is 1. The maximum Gasteiger partial charge on any atom is 0.329 e. The number of hydrogen-bond acceptors (Lipinski definition) is 2. The van der Waals surface area contributed by atoms with Crippen molar-refractivity contribution in [3.63, 3.8) is 0 Å². The van der Waals surface area contributed by atoms with Gasteiger partial charge in [0.15, 0.2) is 0 Å². The van der Waals surface area contributed by atoms with Gasteiger partial charge in [0.25, 0.3) is 0 Å². The van der Waals surface area contributed by atoms with E-state index in [1.54, 1.807) is 0 Å². The standard InChI is InChI=1S/C11H12N2O2/c1-7-3-4-9(5-8(7)2)13-6-10(14)12-11(13)15/h3-5H,6H2,1-2H3,(H,12,14,15). The molecule has 0 saturated carbocycles. The molecule has 4 nitrogen and oxygen atoms in total. The molecule has 0 spiro atoms. The number of urea groups is 1. The van der Waals surface area contributed by atoms with Crippen LogP contribution in [0.15, 0.2) is 18.2 Å². The largest absolute Gasteiger partial charge is 0.329 e. The highest BCUT2D eigenvalue weighted by molar-refractivity contribution is 6.12. The van der Waals surface area contributed by atoms with Crippen LogP contribution in [0.2, 0.25) is 0 Å². The van der Waals surface area contributed by atoms with Crippen molar-refractivity contribution in [1.82, 2.24) is 5.32 Å². The Labute approximate surface area is 87.9 Å². The maximum absolute atomic E-state index is 11.4. The number of imide groups is 1. The van der Waals surface area contributed by atoms with E-state index < -0.39 is 0 Å². The third-order valence-electron chi connectivity index (χ3n) is 2.60. The van der Waals surface area contributed by atoms with Gasteiger partial charge in [0.2, 0.25) is 5.91 Å². The molecule has 3 amide bonds. The number of carbonyl (C=O) groups is 2. The Bertz CT molecular complexity index is 440. The van der Waals surface area contributed by atoms with Gasteiger partial charge in [0.05, 0.1) is 0 Å². The zero-order chi connectivity index (χ0) is 11.0. The van der Waals surface area contributed by atoms with Crippen molar-refractivity contribution in [1.29, 1.82) is 0 Å². The van der Waals surface area contributed by atoms with Crippen LogP contribution in [0.1, 0.15) is 11.1 Å². The summed E-state index contributed by atoms with van der Waals surface area (Å²) >= 11 is 0. The van der Waals surface area contributed by atoms with Crippen molar-refractivity contribution in [2.24, 2.45) is 0 Å². The Morgan fingerprint density at radius 3 is 2.47 bits per heavy atom. The Balaban J connectivity index is 2.34. The van der Waals surface area contributed by atoms with Crippen molar-refractivity contribution in [3.05, 3.63) is 29.3 Å². The van der Waals surface area contributed by atoms with Gasteiger partial charge in [-0.25, -0.2) is 4.79 Å². The molecule has 1 aliphatic heterocycles. The van der Waals surface area contributed by atoms with Crippen LogP contribution in [0.25, 0.3) is 0 Å². The molecule has 1 N–H and O–H groups in total. The number of hydrogen-bond donors (Lipinski definition) is 1. The van der Waals surface area contributed by atoms with Gasteiger partial charge in [-0.1, -0.05) is 6.07 Å². The Morgan fingerprint density at radius 2 is 1.93 bits per heavy atom. The van der Waals surface area contributed by atoms with Crippen LogP contribution in [0, 0.1) is 13.8 Å². The zero-order valence-corrected chi connectivity index (χ0v) is 8.70. The molecule has 1 saturated heterocycles. The summed E-state index contributed by atoms with van der Waals surface area (Å²) in [6.45, 7) is 4.10. The predicted molar refractivity (Wildman–Crippen MR) is 56.8 cm³/mol. The topological polar surface area (TPSA) is 49.4 Å². The Kier molecular flexibility index (Phi) is 2.19. The molecule has 0 unspecified atom stereocenters. The fraction of sp³-hybridized carbons (Fsp3) is 0.273. The minimum atomic E-state index is -0.344. The summed E-state index contributed by atoms with van der Waals surface area (Å²) < 4.78 is 0. The molecule has 0 atom stereocenters. The van der Waals surface area contributed by atoms with Crippen molar-refractivity contribution < 1.29 is 9.59 Å². The molecule has 0 radical (unpaired) electrons. The average Bonchev–Trinajstić information content (AvgIpc) is 2.50. The molecule has 1 aromatic carbocycles. The van der Waals surface area contributed by atoms with E-state index in [1.807, 2.05) is 32.0 Å². The Hall–Kier alpha value is -1.84. The first-order valence-electron chi connectivity index (χ1n) is 4.76. The summed E-state index contributed by atoms with van der Waals surface area (Å²) in [7, 11) is 0. The normalized spacial score (nSPS) is 15.7. The van der Waals surface area contributed by atoms with E-state index in [0.29, 0.717) is 0 Å². The monoisotopic (exact) mass is 204 g/mol. The maximum atomic E-state index is 11.4. The van der Waals surface area contributed by atoms with Gasteiger partial charge in [0.1, 0.15) is 6.54 Å². The van der Waals surface area contributed by atoms with Gasteiger partial charge in [-0.05, 0) is 37.1 Å². The minimum absolute atomic E-state index is 0.112. The number of nitrogens with zero attached hydrogens (tertiary/aromatic N) is 1. The minimum Gasteiger partial charge on any atom is -0.285 e. The highest BCUT2D eigenvalue weighted by Crippen LogP contribution is 2.20. The second-order valence-corrected chi connectivity index (χ2v) is 3.71. The summed E-state index contributed by atoms with van der Waals surface area (Å²) in [6.07, 6.45) is 0. The van der Waals surface area contributed by atoms with Crippen molar-refractivity contribution in [2.45, 2.75) is 13.8 Å². The molecular formula is C11H12N2O2. The first-order chi connectivity index (χ1) is 7.08. The number of benzene rings is 1. The van der Waals surface area contributed by atoms with Crippen LogP contribution in [-0.4, -0.2) is 18.5 Å². The molecule has 78 valence electrons. The lowest BCUT2D eigenvalue weighted by atomic mass is 10.1. The van der Waals surface area contributed by atoms with E-state index in [1.165, 1.54) is 10.5 Å². The van der Waals surface area contributed by atoms with E-state index in [-0.39, 0.29) is 18.5 Å². The van der Waals surface area contributed by atoms with Crippen molar-refractivity contribution in [2.75, 3.05) is 11.4 Å². The summed E-state index contributed by atoms with van der Waals surface area (Å²) in [5.41, 5.74) is 3.05. The van der Waals surface area contributed by atoms with Crippen LogP contribution >= 0.6 is 0 Å². The van der Waals surface area contributed by atoms with E-state index in [4.69, 9.17) is 0 Å². The van der Waals surface area contributed by atoms with Gasteiger partial charge in [0, 0.05) is 5.69 Å². The molecular weight excluding hydrogens is 192 g/mol. The fourth-order valence-electron chi connectivity index (χ4n) is 1.54. The van der Waals surface area contributed by atoms with Crippen LogP contribution in [0.4, 0.5) is 10.5 Å². The second kappa shape index (κ2) is 3.38. The molecule has 15 heavy (non-hydrogen) atoms. The van der Waals surface area contributed by atoms with Gasteiger partial charge < -0.3 is 0 Å². The van der Waals surface area contributed by atoms with E-state index in [0.717, 1.165) is 11.3 Å². The third kappa shape index (κ3) is 1.70. The third-order valence-corrected chi connectivity index (χ3v) is 2.60. The fourth-order valence-corrected chi connectivity index (χ4v) is 1.54. The highest BCUT2D eigenvalue weighted by Gasteiger charge is 2.27. The van der Waals surface area contributed by atoms with Crippen molar-refractivity contribution >= 4 is 17.6 Å². The molecule has 0 aromatic heterocycles. The number of anilines is 1. The molecule has 1 aliphatic rings. The summed E-state index contributed by atoms with van der Waals surface area (Å²) in [5, 5.41) is 2.25. The summed E-state index contributed by atoms with van der Waals surface area (Å²) in [4.78, 5) is 23.8. The van der Waals surface area contributed by atoms with Gasteiger partial charge >= 0.3 is 6.03 Å². The van der Waals surface area contributed by atoms with Crippen LogP contribution in [-0.2, 0) is 4.79 Å². The molecule has 1 heterocycles. The lowest BCUT2D eigenvalue weighted by Crippen LogP contribution is -2.27. The molecule has 4 heteroatoms. The molecule has 0 aliphatic carbocycles. The first kappa shape index (κ1) is 9.71. The highest BCUT2D eigenvalue weighted by atomic mass is 16.2. The van der Waals surface area contributed by atoms with E-state index in [9.17, 15) is 9.59 Å². The second-order valence-electron chi connectivity index (χ2n) is 3.71. The number of rotatable bonds is 1. The van der Waals surface area contributed by atoms with E-state index in [2.05, 4.69) is 5.32 Å². The lowest BCUT2D eigenvalue weighted by Gasteiger charge is -2.14. The van der Waals surface area contributed by atoms with E-state index >= 15 is 0 Å². The van der Waals surface area contributed by atoms with Crippen LogP contribution in [0.3, 0.4) is 0 Å². The van der Waals surface area contributed by atoms with Gasteiger partial charge in [-0.3, -0.25) is 15.0 Å². The smallest absolute Gasteiger partial charge is 0.285 e. The van der Waals surface area contributed by atoms with Crippen LogP contribution < -0.4 is 10.2 Å². The molecule has 1 aromatic rings. The van der Waals surface area contributed by atoms with Crippen molar-refractivity contribution in [3.8, 4) is 0 Å². The van der Waals surface area contributed by atoms with Gasteiger partial charge in [-0.2, -0.15) is 0 Å². The molecule has 0 bridgehead atoms. The number of carbonyl (C=O) groups excluding carboxylic acids is 2. The SMILES string of the molecule is Cc1ccc(N2CC(=O)NC2=O)cc1C. The summed E-state index contributed by atoms with van der Waals surface area (Å²) in [6, 6.07) is 5.36. The van der Waals surface area contributed by atoms with Crippen LogP contribution in [0.5, 0.6) is 0 Å².